The molecule has 2 aliphatic rings. The summed E-state index contributed by atoms with van der Waals surface area (Å²) in [6.45, 7) is 4.46. The number of carbonyl (C=O) groups excluding carboxylic acids is 1. The molecule has 1 spiro atoms. The molecule has 120 valence electrons. The molecule has 1 amide bonds. The molecule has 2 aliphatic heterocycles. The Morgan fingerprint density at radius 1 is 1.27 bits per heavy atom. The van der Waals surface area contributed by atoms with Gasteiger partial charge in [0.1, 0.15) is 0 Å². The molecule has 2 saturated heterocycles. The molecule has 0 bridgehead atoms. The van der Waals surface area contributed by atoms with E-state index in [0.717, 1.165) is 12.8 Å². The third kappa shape index (κ3) is 3.11. The SMILES string of the molecule is CCOC(=O)N1[C@@H](C)CC2(C[C@H]1c1ccccc1)SCCS2. The molecule has 0 aliphatic carbocycles. The third-order valence-corrected chi connectivity index (χ3v) is 7.90. The molecule has 0 radical (unpaired) electrons. The van der Waals surface area contributed by atoms with Gasteiger partial charge in [-0.05, 0) is 32.3 Å². The summed E-state index contributed by atoms with van der Waals surface area (Å²) in [5.41, 5.74) is 1.22. The minimum atomic E-state index is -0.174. The highest BCUT2D eigenvalue weighted by atomic mass is 32.2. The number of piperidine rings is 1. The molecule has 3 rings (SSSR count). The van der Waals surface area contributed by atoms with Crippen LogP contribution in [0, 0.1) is 0 Å². The zero-order valence-electron chi connectivity index (χ0n) is 13.2. The van der Waals surface area contributed by atoms with E-state index in [-0.39, 0.29) is 22.3 Å². The average Bonchev–Trinajstić information content (AvgIpc) is 2.95. The van der Waals surface area contributed by atoms with Crippen molar-refractivity contribution in [1.29, 1.82) is 0 Å². The summed E-state index contributed by atoms with van der Waals surface area (Å²) >= 11 is 4.16. The number of amides is 1. The second kappa shape index (κ2) is 6.75. The van der Waals surface area contributed by atoms with Gasteiger partial charge in [-0.2, -0.15) is 0 Å². The van der Waals surface area contributed by atoms with E-state index in [1.807, 2.05) is 17.9 Å². The molecular weight excluding hydrogens is 314 g/mol. The summed E-state index contributed by atoms with van der Waals surface area (Å²) in [4.78, 5) is 14.4. The first kappa shape index (κ1) is 16.1. The molecular formula is C17H23NO2S2. The maximum Gasteiger partial charge on any atom is 0.410 e. The van der Waals surface area contributed by atoms with Gasteiger partial charge >= 0.3 is 6.09 Å². The topological polar surface area (TPSA) is 29.5 Å². The molecule has 1 aromatic rings. The van der Waals surface area contributed by atoms with Crippen molar-refractivity contribution in [1.82, 2.24) is 4.90 Å². The smallest absolute Gasteiger partial charge is 0.410 e. The van der Waals surface area contributed by atoms with E-state index in [1.165, 1.54) is 17.1 Å². The van der Waals surface area contributed by atoms with Crippen molar-refractivity contribution >= 4 is 29.6 Å². The Bertz CT molecular complexity index is 517. The van der Waals surface area contributed by atoms with E-state index in [2.05, 4.69) is 54.7 Å². The average molecular weight is 338 g/mol. The Morgan fingerprint density at radius 3 is 2.59 bits per heavy atom. The molecule has 2 heterocycles. The van der Waals surface area contributed by atoms with E-state index >= 15 is 0 Å². The van der Waals surface area contributed by atoms with Crippen LogP contribution < -0.4 is 0 Å². The first-order valence-electron chi connectivity index (χ1n) is 7.93. The van der Waals surface area contributed by atoms with Gasteiger partial charge in [-0.3, -0.25) is 4.90 Å². The Balaban J connectivity index is 1.92. The fraction of sp³-hybridized carbons (Fsp3) is 0.588. The molecule has 22 heavy (non-hydrogen) atoms. The molecule has 0 unspecified atom stereocenters. The molecule has 0 saturated carbocycles. The van der Waals surface area contributed by atoms with Crippen molar-refractivity contribution < 1.29 is 9.53 Å². The largest absolute Gasteiger partial charge is 0.450 e. The third-order valence-electron chi connectivity index (χ3n) is 4.40. The van der Waals surface area contributed by atoms with E-state index in [0.29, 0.717) is 6.61 Å². The first-order valence-corrected chi connectivity index (χ1v) is 9.90. The van der Waals surface area contributed by atoms with Gasteiger partial charge in [0.25, 0.3) is 0 Å². The molecule has 0 N–H and O–H groups in total. The number of thioether (sulfide) groups is 2. The monoisotopic (exact) mass is 337 g/mol. The summed E-state index contributed by atoms with van der Waals surface area (Å²) in [7, 11) is 0. The van der Waals surface area contributed by atoms with Crippen molar-refractivity contribution in [2.75, 3.05) is 18.1 Å². The highest BCUT2D eigenvalue weighted by molar-refractivity contribution is 8.21. The lowest BCUT2D eigenvalue weighted by Crippen LogP contribution is -2.50. The van der Waals surface area contributed by atoms with Crippen LogP contribution in [-0.2, 0) is 4.74 Å². The van der Waals surface area contributed by atoms with E-state index < -0.39 is 0 Å². The summed E-state index contributed by atoms with van der Waals surface area (Å²) in [6.07, 6.45) is 1.88. The quantitative estimate of drug-likeness (QED) is 0.792. The molecule has 3 nitrogen and oxygen atoms in total. The fourth-order valence-electron chi connectivity index (χ4n) is 3.52. The molecule has 2 atom stereocenters. The standard InChI is InChI=1S/C17H23NO2S2/c1-3-20-16(19)18-13(2)11-17(21-9-10-22-17)12-15(18)14-7-5-4-6-8-14/h4-8,13,15H,3,9-12H2,1-2H3/t13-,15-/m0/s1. The van der Waals surface area contributed by atoms with Gasteiger partial charge in [0.15, 0.2) is 0 Å². The number of rotatable bonds is 2. The van der Waals surface area contributed by atoms with Crippen molar-refractivity contribution in [2.24, 2.45) is 0 Å². The number of benzene rings is 1. The lowest BCUT2D eigenvalue weighted by atomic mass is 9.91. The van der Waals surface area contributed by atoms with Crippen LogP contribution >= 0.6 is 23.5 Å². The Hall–Kier alpha value is -0.810. The lowest BCUT2D eigenvalue weighted by molar-refractivity contribution is 0.0522. The van der Waals surface area contributed by atoms with Crippen LogP contribution in [0.2, 0.25) is 0 Å². The van der Waals surface area contributed by atoms with Gasteiger partial charge in [-0.1, -0.05) is 30.3 Å². The number of likely N-dealkylation sites (tertiary alicyclic amines) is 1. The van der Waals surface area contributed by atoms with Crippen LogP contribution in [0.5, 0.6) is 0 Å². The van der Waals surface area contributed by atoms with Gasteiger partial charge in [-0.15, -0.1) is 23.5 Å². The van der Waals surface area contributed by atoms with Gasteiger partial charge in [0.2, 0.25) is 0 Å². The van der Waals surface area contributed by atoms with Gasteiger partial charge in [0, 0.05) is 17.5 Å². The molecule has 1 aromatic carbocycles. The van der Waals surface area contributed by atoms with Crippen molar-refractivity contribution in [3.63, 3.8) is 0 Å². The Kier molecular flexibility index (Phi) is 4.93. The van der Waals surface area contributed by atoms with Crippen LogP contribution in [0.4, 0.5) is 4.79 Å². The zero-order valence-corrected chi connectivity index (χ0v) is 14.8. The van der Waals surface area contributed by atoms with Crippen LogP contribution in [-0.4, -0.2) is 39.2 Å². The van der Waals surface area contributed by atoms with Crippen molar-refractivity contribution in [3.8, 4) is 0 Å². The number of hydrogen-bond donors (Lipinski definition) is 0. The Labute approximate surface area is 141 Å². The highest BCUT2D eigenvalue weighted by Gasteiger charge is 2.48. The minimum Gasteiger partial charge on any atom is -0.450 e. The van der Waals surface area contributed by atoms with Crippen LogP contribution in [0.3, 0.4) is 0 Å². The summed E-state index contributed by atoms with van der Waals surface area (Å²) < 4.78 is 5.59. The first-order chi connectivity index (χ1) is 10.7. The number of carbonyl (C=O) groups is 1. The predicted molar refractivity (Wildman–Crippen MR) is 94.4 cm³/mol. The normalized spacial score (nSPS) is 27.1. The second-order valence-electron chi connectivity index (χ2n) is 5.90. The molecule has 2 fully saturated rings. The predicted octanol–water partition coefficient (Wildman–Crippen LogP) is 4.54. The molecule has 5 heteroatoms. The number of ether oxygens (including phenoxy) is 1. The number of nitrogens with zero attached hydrogens (tertiary/aromatic N) is 1. The molecule has 0 aromatic heterocycles. The minimum absolute atomic E-state index is 0.113. The Morgan fingerprint density at radius 2 is 1.95 bits per heavy atom. The maximum atomic E-state index is 12.5. The lowest BCUT2D eigenvalue weighted by Gasteiger charge is -2.47. The number of hydrogen-bond acceptors (Lipinski definition) is 4. The zero-order chi connectivity index (χ0) is 15.6. The van der Waals surface area contributed by atoms with Crippen molar-refractivity contribution in [2.45, 2.75) is 42.9 Å². The van der Waals surface area contributed by atoms with Gasteiger partial charge < -0.3 is 4.74 Å². The van der Waals surface area contributed by atoms with E-state index in [1.54, 1.807) is 0 Å². The summed E-state index contributed by atoms with van der Waals surface area (Å²) in [5.74, 6) is 2.44. The summed E-state index contributed by atoms with van der Waals surface area (Å²) in [6, 6.07) is 10.7. The van der Waals surface area contributed by atoms with Crippen LogP contribution in [0.15, 0.2) is 30.3 Å². The van der Waals surface area contributed by atoms with Gasteiger partial charge in [0.05, 0.1) is 16.7 Å². The second-order valence-corrected chi connectivity index (χ2v) is 9.11. The highest BCUT2D eigenvalue weighted by Crippen LogP contribution is 2.56. The van der Waals surface area contributed by atoms with Crippen molar-refractivity contribution in [3.05, 3.63) is 35.9 Å². The van der Waals surface area contributed by atoms with E-state index in [9.17, 15) is 4.79 Å². The van der Waals surface area contributed by atoms with Crippen LogP contribution in [0.25, 0.3) is 0 Å². The van der Waals surface area contributed by atoms with E-state index in [4.69, 9.17) is 4.74 Å². The summed E-state index contributed by atoms with van der Waals surface area (Å²) in [5, 5.41) is 0. The van der Waals surface area contributed by atoms with Gasteiger partial charge in [-0.25, -0.2) is 4.79 Å². The van der Waals surface area contributed by atoms with Crippen LogP contribution in [0.1, 0.15) is 38.3 Å². The maximum absolute atomic E-state index is 12.5. The fourth-order valence-corrected chi connectivity index (χ4v) is 7.04.